The molecule has 2 amide bonds. The Morgan fingerprint density at radius 3 is 2.75 bits per heavy atom. The molecule has 1 unspecified atom stereocenters. The maximum absolute atomic E-state index is 12.7. The van der Waals surface area contributed by atoms with Crippen LogP contribution in [0.3, 0.4) is 0 Å². The molecule has 2 aromatic rings. The van der Waals surface area contributed by atoms with E-state index in [9.17, 15) is 18.0 Å². The normalized spacial score (nSPS) is 16.5. The summed E-state index contributed by atoms with van der Waals surface area (Å²) in [5.41, 5.74) is -0.291. The second kappa shape index (κ2) is 7.72. The Hall–Kier alpha value is -3.35. The van der Waals surface area contributed by atoms with Gasteiger partial charge in [0.15, 0.2) is 0 Å². The highest BCUT2D eigenvalue weighted by molar-refractivity contribution is 5.90. The van der Waals surface area contributed by atoms with Crippen molar-refractivity contribution in [3.8, 4) is 11.9 Å². The Morgan fingerprint density at radius 1 is 1.36 bits per heavy atom. The number of hydrogen-bond acceptors (Lipinski definition) is 5. The Morgan fingerprint density at radius 2 is 2.14 bits per heavy atom. The van der Waals surface area contributed by atoms with E-state index in [4.69, 9.17) is 10.00 Å². The molecular formula is C18H16F3N5O2. The maximum Gasteiger partial charge on any atom is 0.433 e. The number of likely N-dealkylation sites (tertiary alicyclic amines) is 1. The SMILES string of the molecule is Cc1nc(C(F)(F)F)ccc1NC(=O)N1CCC(Oc2ccc(C#N)cn2)C1. The van der Waals surface area contributed by atoms with E-state index in [1.807, 2.05) is 6.07 Å². The Kier molecular flexibility index (Phi) is 5.35. The number of aromatic nitrogens is 2. The van der Waals surface area contributed by atoms with Crippen LogP contribution in [0.25, 0.3) is 0 Å². The van der Waals surface area contributed by atoms with Gasteiger partial charge >= 0.3 is 12.2 Å². The summed E-state index contributed by atoms with van der Waals surface area (Å²) in [4.78, 5) is 21.4. The summed E-state index contributed by atoms with van der Waals surface area (Å²) in [6.45, 7) is 2.14. The van der Waals surface area contributed by atoms with Crippen LogP contribution in [0.5, 0.6) is 5.88 Å². The summed E-state index contributed by atoms with van der Waals surface area (Å²) in [5.74, 6) is 0.356. The zero-order chi connectivity index (χ0) is 20.3. The molecule has 0 radical (unpaired) electrons. The molecule has 7 nitrogen and oxygen atoms in total. The Labute approximate surface area is 158 Å². The first-order valence-electron chi connectivity index (χ1n) is 8.40. The summed E-state index contributed by atoms with van der Waals surface area (Å²) in [6.07, 6.45) is -2.82. The summed E-state index contributed by atoms with van der Waals surface area (Å²) >= 11 is 0. The molecular weight excluding hydrogens is 375 g/mol. The summed E-state index contributed by atoms with van der Waals surface area (Å²) in [6, 6.07) is 6.71. The molecule has 28 heavy (non-hydrogen) atoms. The van der Waals surface area contributed by atoms with Crippen LogP contribution >= 0.6 is 0 Å². The van der Waals surface area contributed by atoms with Crippen molar-refractivity contribution >= 4 is 11.7 Å². The summed E-state index contributed by atoms with van der Waals surface area (Å²) < 4.78 is 43.7. The molecule has 1 N–H and O–H groups in total. The molecule has 0 bridgehead atoms. The molecule has 1 aliphatic rings. The van der Waals surface area contributed by atoms with Gasteiger partial charge in [-0.3, -0.25) is 0 Å². The van der Waals surface area contributed by atoms with Gasteiger partial charge in [0.2, 0.25) is 5.88 Å². The lowest BCUT2D eigenvalue weighted by Gasteiger charge is -2.18. The van der Waals surface area contributed by atoms with Crippen LogP contribution in [-0.2, 0) is 6.18 Å². The van der Waals surface area contributed by atoms with Crippen molar-refractivity contribution < 1.29 is 22.7 Å². The van der Waals surface area contributed by atoms with Crippen LogP contribution in [0, 0.1) is 18.3 Å². The minimum absolute atomic E-state index is 0.0805. The molecule has 146 valence electrons. The lowest BCUT2D eigenvalue weighted by Crippen LogP contribution is -2.34. The number of ether oxygens (including phenoxy) is 1. The van der Waals surface area contributed by atoms with E-state index < -0.39 is 17.9 Å². The number of carbonyl (C=O) groups is 1. The predicted octanol–water partition coefficient (Wildman–Crippen LogP) is 3.36. The second-order valence-electron chi connectivity index (χ2n) is 6.23. The third-order valence-corrected chi connectivity index (χ3v) is 4.20. The number of rotatable bonds is 3. The van der Waals surface area contributed by atoms with Crippen LogP contribution in [0.4, 0.5) is 23.7 Å². The van der Waals surface area contributed by atoms with Gasteiger partial charge in [-0.25, -0.2) is 14.8 Å². The molecule has 3 rings (SSSR count). The molecule has 1 aliphatic heterocycles. The third-order valence-electron chi connectivity index (χ3n) is 4.20. The molecule has 0 aromatic carbocycles. The van der Waals surface area contributed by atoms with Gasteiger partial charge in [0.1, 0.15) is 17.9 Å². The number of carbonyl (C=O) groups excluding carboxylic acids is 1. The fourth-order valence-electron chi connectivity index (χ4n) is 2.74. The number of pyridine rings is 2. The van der Waals surface area contributed by atoms with Crippen molar-refractivity contribution in [3.05, 3.63) is 47.4 Å². The van der Waals surface area contributed by atoms with Gasteiger partial charge < -0.3 is 15.0 Å². The average molecular weight is 391 g/mol. The van der Waals surface area contributed by atoms with Gasteiger partial charge in [0.25, 0.3) is 0 Å². The first kappa shape index (κ1) is 19.4. The number of halogens is 3. The van der Waals surface area contributed by atoms with Crippen molar-refractivity contribution in [1.82, 2.24) is 14.9 Å². The number of aryl methyl sites for hydroxylation is 1. The van der Waals surface area contributed by atoms with Gasteiger partial charge in [-0.05, 0) is 25.1 Å². The highest BCUT2D eigenvalue weighted by Crippen LogP contribution is 2.29. The number of anilines is 1. The first-order chi connectivity index (χ1) is 13.3. The van der Waals surface area contributed by atoms with E-state index in [0.29, 0.717) is 31.0 Å². The van der Waals surface area contributed by atoms with Crippen molar-refractivity contribution in [3.63, 3.8) is 0 Å². The number of urea groups is 1. The van der Waals surface area contributed by atoms with E-state index in [-0.39, 0.29) is 17.5 Å². The van der Waals surface area contributed by atoms with Crippen molar-refractivity contribution in [2.75, 3.05) is 18.4 Å². The molecule has 10 heteroatoms. The minimum atomic E-state index is -4.54. The van der Waals surface area contributed by atoms with Crippen LogP contribution in [-0.4, -0.2) is 40.1 Å². The molecule has 1 fully saturated rings. The minimum Gasteiger partial charge on any atom is -0.472 e. The smallest absolute Gasteiger partial charge is 0.433 e. The molecule has 1 atom stereocenters. The van der Waals surface area contributed by atoms with Crippen molar-refractivity contribution in [1.29, 1.82) is 5.26 Å². The quantitative estimate of drug-likeness (QED) is 0.866. The summed E-state index contributed by atoms with van der Waals surface area (Å²) in [5, 5.41) is 11.3. The van der Waals surface area contributed by atoms with Gasteiger partial charge in [-0.1, -0.05) is 0 Å². The van der Waals surface area contributed by atoms with Gasteiger partial charge in [-0.15, -0.1) is 0 Å². The average Bonchev–Trinajstić information content (AvgIpc) is 3.12. The molecule has 3 heterocycles. The molecule has 2 aromatic heterocycles. The number of amides is 2. The fourth-order valence-corrected chi connectivity index (χ4v) is 2.74. The maximum atomic E-state index is 12.7. The third kappa shape index (κ3) is 4.49. The molecule has 0 aliphatic carbocycles. The second-order valence-corrected chi connectivity index (χ2v) is 6.23. The van der Waals surface area contributed by atoms with E-state index >= 15 is 0 Å². The zero-order valence-corrected chi connectivity index (χ0v) is 14.8. The number of hydrogen-bond donors (Lipinski definition) is 1. The zero-order valence-electron chi connectivity index (χ0n) is 14.8. The van der Waals surface area contributed by atoms with Crippen molar-refractivity contribution in [2.45, 2.75) is 25.6 Å². The van der Waals surface area contributed by atoms with Crippen LogP contribution in [0.2, 0.25) is 0 Å². The van der Waals surface area contributed by atoms with Crippen molar-refractivity contribution in [2.24, 2.45) is 0 Å². The standard InChI is InChI=1S/C18H16F3N5O2/c1-11-14(3-4-15(24-11)18(19,20)21)25-17(27)26-7-6-13(10-26)28-16-5-2-12(8-22)9-23-16/h2-5,9,13H,6-7,10H2,1H3,(H,25,27). The van der Waals surface area contributed by atoms with Gasteiger partial charge in [0.05, 0.1) is 23.5 Å². The Bertz CT molecular complexity index is 909. The number of nitrogens with one attached hydrogen (secondary N) is 1. The lowest BCUT2D eigenvalue weighted by molar-refractivity contribution is -0.141. The van der Waals surface area contributed by atoms with Gasteiger partial charge in [0, 0.05) is 25.2 Å². The van der Waals surface area contributed by atoms with Crippen LogP contribution in [0.15, 0.2) is 30.5 Å². The molecule has 0 spiro atoms. The molecule has 0 saturated carbocycles. The summed E-state index contributed by atoms with van der Waals surface area (Å²) in [7, 11) is 0. The van der Waals surface area contributed by atoms with E-state index in [1.54, 1.807) is 12.1 Å². The first-order valence-corrected chi connectivity index (χ1v) is 8.40. The van der Waals surface area contributed by atoms with E-state index in [2.05, 4.69) is 15.3 Å². The lowest BCUT2D eigenvalue weighted by atomic mass is 10.2. The number of alkyl halides is 3. The largest absolute Gasteiger partial charge is 0.472 e. The van der Waals surface area contributed by atoms with Crippen LogP contribution in [0.1, 0.15) is 23.4 Å². The fraction of sp³-hybridized carbons (Fsp3) is 0.333. The molecule has 1 saturated heterocycles. The number of nitriles is 1. The van der Waals surface area contributed by atoms with Gasteiger partial charge in [-0.2, -0.15) is 18.4 Å². The Balaban J connectivity index is 1.58. The monoisotopic (exact) mass is 391 g/mol. The number of nitrogens with zero attached hydrogens (tertiary/aromatic N) is 4. The van der Waals surface area contributed by atoms with E-state index in [1.165, 1.54) is 24.1 Å². The topological polar surface area (TPSA) is 91.1 Å². The predicted molar refractivity (Wildman–Crippen MR) is 92.6 cm³/mol. The highest BCUT2D eigenvalue weighted by atomic mass is 19.4. The van der Waals surface area contributed by atoms with Crippen LogP contribution < -0.4 is 10.1 Å². The van der Waals surface area contributed by atoms with E-state index in [0.717, 1.165) is 6.07 Å². The highest BCUT2D eigenvalue weighted by Gasteiger charge is 2.33.